The number of sulfonamides is 1. The zero-order chi connectivity index (χ0) is 18.4. The number of carbonyl (C=O) groups is 1. The molecule has 0 radical (unpaired) electrons. The number of aromatic nitrogens is 1. The second-order valence-electron chi connectivity index (χ2n) is 5.26. The van der Waals surface area contributed by atoms with E-state index in [2.05, 4.69) is 9.72 Å². The Morgan fingerprint density at radius 3 is 2.52 bits per heavy atom. The lowest BCUT2D eigenvalue weighted by molar-refractivity contribution is 0.0594. The molecular formula is C16H20N2O5S2. The van der Waals surface area contributed by atoms with Crippen molar-refractivity contribution in [3.63, 3.8) is 0 Å². The standard InChI is InChI=1S/C16H20N2O5S2/c1-12-4-6-13(7-5-12)25(20,21)18(8-9-22-2)10-15-17-14(11-24-15)16(19)23-3/h4-7,11H,8-10H2,1-3H3. The molecule has 0 bridgehead atoms. The molecule has 0 aliphatic heterocycles. The number of methoxy groups -OCH3 is 2. The average molecular weight is 384 g/mol. The van der Waals surface area contributed by atoms with Gasteiger partial charge in [-0.15, -0.1) is 11.3 Å². The second-order valence-corrected chi connectivity index (χ2v) is 8.14. The first kappa shape index (κ1) is 19.5. The summed E-state index contributed by atoms with van der Waals surface area (Å²) in [6.45, 7) is 2.38. The van der Waals surface area contributed by atoms with Gasteiger partial charge in [-0.3, -0.25) is 0 Å². The van der Waals surface area contributed by atoms with Crippen molar-refractivity contribution in [3.05, 3.63) is 45.9 Å². The molecule has 2 rings (SSSR count). The van der Waals surface area contributed by atoms with Crippen molar-refractivity contribution in [3.8, 4) is 0 Å². The predicted octanol–water partition coefficient (Wildman–Crippen LogP) is 2.08. The van der Waals surface area contributed by atoms with Crippen LogP contribution in [0.2, 0.25) is 0 Å². The van der Waals surface area contributed by atoms with Gasteiger partial charge in [0.2, 0.25) is 10.0 Å². The Kier molecular flexibility index (Phi) is 6.65. The van der Waals surface area contributed by atoms with Crippen molar-refractivity contribution in [2.24, 2.45) is 0 Å². The molecule has 2 aromatic rings. The topological polar surface area (TPSA) is 85.8 Å². The largest absolute Gasteiger partial charge is 0.464 e. The fraction of sp³-hybridized carbons (Fsp3) is 0.375. The molecule has 0 aliphatic rings. The molecule has 25 heavy (non-hydrogen) atoms. The number of benzene rings is 1. The first-order chi connectivity index (χ1) is 11.9. The van der Waals surface area contributed by atoms with Crippen LogP contribution in [0.3, 0.4) is 0 Å². The average Bonchev–Trinajstić information content (AvgIpc) is 3.06. The summed E-state index contributed by atoms with van der Waals surface area (Å²) < 4.78 is 36.7. The summed E-state index contributed by atoms with van der Waals surface area (Å²) >= 11 is 1.21. The summed E-state index contributed by atoms with van der Waals surface area (Å²) in [7, 11) is -0.920. The SMILES string of the molecule is COCCN(Cc1nc(C(=O)OC)cs1)S(=O)(=O)c1ccc(C)cc1. The third-order valence-corrected chi connectivity index (χ3v) is 6.15. The van der Waals surface area contributed by atoms with Crippen molar-refractivity contribution in [2.45, 2.75) is 18.4 Å². The minimum Gasteiger partial charge on any atom is -0.464 e. The number of aryl methyl sites for hydroxylation is 1. The van der Waals surface area contributed by atoms with Gasteiger partial charge in [0.05, 0.1) is 25.2 Å². The first-order valence-electron chi connectivity index (χ1n) is 7.47. The second kappa shape index (κ2) is 8.52. The van der Waals surface area contributed by atoms with Crippen LogP contribution in [-0.4, -0.2) is 51.0 Å². The molecule has 0 saturated heterocycles. The molecule has 136 valence electrons. The number of esters is 1. The van der Waals surface area contributed by atoms with Gasteiger partial charge in [-0.25, -0.2) is 18.2 Å². The van der Waals surface area contributed by atoms with E-state index in [0.29, 0.717) is 5.01 Å². The van der Waals surface area contributed by atoms with Gasteiger partial charge in [0, 0.05) is 19.0 Å². The number of ether oxygens (including phenoxy) is 2. The van der Waals surface area contributed by atoms with Crippen molar-refractivity contribution < 1.29 is 22.7 Å². The number of hydrogen-bond donors (Lipinski definition) is 0. The van der Waals surface area contributed by atoms with Gasteiger partial charge in [0.1, 0.15) is 5.01 Å². The smallest absolute Gasteiger partial charge is 0.357 e. The maximum absolute atomic E-state index is 12.9. The quantitative estimate of drug-likeness (QED) is 0.648. The van der Waals surface area contributed by atoms with Crippen LogP contribution < -0.4 is 0 Å². The third-order valence-electron chi connectivity index (χ3n) is 3.46. The Balaban J connectivity index is 2.27. The van der Waals surface area contributed by atoms with E-state index in [-0.39, 0.29) is 30.3 Å². The van der Waals surface area contributed by atoms with Crippen molar-refractivity contribution in [2.75, 3.05) is 27.4 Å². The fourth-order valence-electron chi connectivity index (χ4n) is 2.07. The molecule has 9 heteroatoms. The molecule has 0 unspecified atom stereocenters. The molecule has 7 nitrogen and oxygen atoms in total. The minimum absolute atomic E-state index is 0.0568. The number of rotatable bonds is 8. The van der Waals surface area contributed by atoms with E-state index < -0.39 is 16.0 Å². The number of carbonyl (C=O) groups excluding carboxylic acids is 1. The maximum Gasteiger partial charge on any atom is 0.357 e. The molecule has 1 aromatic heterocycles. The molecule has 0 fully saturated rings. The summed E-state index contributed by atoms with van der Waals surface area (Å²) in [6.07, 6.45) is 0. The normalized spacial score (nSPS) is 11.7. The van der Waals surface area contributed by atoms with Crippen LogP contribution in [0.25, 0.3) is 0 Å². The fourth-order valence-corrected chi connectivity index (χ4v) is 4.31. The molecule has 1 heterocycles. The van der Waals surface area contributed by atoms with Gasteiger partial charge < -0.3 is 9.47 Å². The highest BCUT2D eigenvalue weighted by molar-refractivity contribution is 7.89. The maximum atomic E-state index is 12.9. The van der Waals surface area contributed by atoms with E-state index in [1.54, 1.807) is 29.6 Å². The van der Waals surface area contributed by atoms with E-state index in [1.165, 1.54) is 29.9 Å². The van der Waals surface area contributed by atoms with E-state index in [1.807, 2.05) is 6.92 Å². The highest BCUT2D eigenvalue weighted by Crippen LogP contribution is 2.21. The van der Waals surface area contributed by atoms with Crippen LogP contribution in [0, 0.1) is 6.92 Å². The molecule has 1 aromatic carbocycles. The van der Waals surface area contributed by atoms with Crippen LogP contribution in [0.4, 0.5) is 0 Å². The van der Waals surface area contributed by atoms with Crippen LogP contribution in [0.1, 0.15) is 21.1 Å². The molecule has 0 N–H and O–H groups in total. The monoisotopic (exact) mass is 384 g/mol. The summed E-state index contributed by atoms with van der Waals surface area (Å²) in [6, 6.07) is 6.65. The zero-order valence-electron chi connectivity index (χ0n) is 14.3. The predicted molar refractivity (Wildman–Crippen MR) is 94.1 cm³/mol. The van der Waals surface area contributed by atoms with Gasteiger partial charge in [0.25, 0.3) is 0 Å². The van der Waals surface area contributed by atoms with Crippen molar-refractivity contribution >= 4 is 27.3 Å². The Bertz CT molecular complexity index is 815. The van der Waals surface area contributed by atoms with Crippen LogP contribution in [-0.2, 0) is 26.0 Å². The Labute approximate surface area is 151 Å². The van der Waals surface area contributed by atoms with E-state index in [0.717, 1.165) is 5.56 Å². The lowest BCUT2D eigenvalue weighted by Gasteiger charge is -2.21. The van der Waals surface area contributed by atoms with Crippen LogP contribution >= 0.6 is 11.3 Å². The number of nitrogens with zero attached hydrogens (tertiary/aromatic N) is 2. The summed E-state index contributed by atoms with van der Waals surface area (Å²) in [4.78, 5) is 15.9. The molecular weight excluding hydrogens is 364 g/mol. The lowest BCUT2D eigenvalue weighted by atomic mass is 10.2. The molecule has 0 saturated carbocycles. The number of hydrogen-bond acceptors (Lipinski definition) is 7. The van der Waals surface area contributed by atoms with Crippen molar-refractivity contribution in [1.29, 1.82) is 0 Å². The Morgan fingerprint density at radius 2 is 1.92 bits per heavy atom. The molecule has 0 spiro atoms. The molecule has 0 atom stereocenters. The van der Waals surface area contributed by atoms with Gasteiger partial charge in [-0.2, -0.15) is 4.31 Å². The Hall–Kier alpha value is -1.81. The summed E-state index contributed by atoms with van der Waals surface area (Å²) in [5.41, 5.74) is 1.15. The van der Waals surface area contributed by atoms with Gasteiger partial charge >= 0.3 is 5.97 Å². The first-order valence-corrected chi connectivity index (χ1v) is 9.79. The van der Waals surface area contributed by atoms with Crippen molar-refractivity contribution in [1.82, 2.24) is 9.29 Å². The van der Waals surface area contributed by atoms with E-state index >= 15 is 0 Å². The third kappa shape index (κ3) is 4.85. The Morgan fingerprint density at radius 1 is 1.24 bits per heavy atom. The highest BCUT2D eigenvalue weighted by atomic mass is 32.2. The van der Waals surface area contributed by atoms with Gasteiger partial charge in [0.15, 0.2) is 5.69 Å². The number of thiazole rings is 1. The highest BCUT2D eigenvalue weighted by Gasteiger charge is 2.26. The minimum atomic E-state index is -3.70. The molecule has 0 aliphatic carbocycles. The van der Waals surface area contributed by atoms with E-state index in [4.69, 9.17) is 4.74 Å². The van der Waals surface area contributed by atoms with Crippen LogP contribution in [0.15, 0.2) is 34.5 Å². The van der Waals surface area contributed by atoms with Gasteiger partial charge in [-0.05, 0) is 19.1 Å². The van der Waals surface area contributed by atoms with E-state index in [9.17, 15) is 13.2 Å². The van der Waals surface area contributed by atoms with Crippen LogP contribution in [0.5, 0.6) is 0 Å². The summed E-state index contributed by atoms with van der Waals surface area (Å²) in [5, 5.41) is 2.06. The summed E-state index contributed by atoms with van der Waals surface area (Å²) in [5.74, 6) is -0.549. The lowest BCUT2D eigenvalue weighted by Crippen LogP contribution is -2.33. The zero-order valence-corrected chi connectivity index (χ0v) is 15.9. The van der Waals surface area contributed by atoms with Gasteiger partial charge in [-0.1, -0.05) is 17.7 Å². The molecule has 0 amide bonds.